The molecule has 5 rings (SSSR count). The van der Waals surface area contributed by atoms with Crippen LogP contribution in [0.3, 0.4) is 0 Å². The van der Waals surface area contributed by atoms with Crippen molar-refractivity contribution in [1.82, 2.24) is 14.6 Å². The second-order valence-corrected chi connectivity index (χ2v) is 11.2. The van der Waals surface area contributed by atoms with Gasteiger partial charge in [-0.3, -0.25) is 4.72 Å². The smallest absolute Gasteiger partial charge is 0.262 e. The number of halogens is 3. The predicted octanol–water partition coefficient (Wildman–Crippen LogP) is 6.67. The molecule has 188 valence electrons. The molecule has 7 nitrogen and oxygen atoms in total. The fraction of sp³-hybridized carbons (Fsp3) is 0.0769. The Labute approximate surface area is 226 Å². The third-order valence-corrected chi connectivity index (χ3v) is 8.08. The predicted molar refractivity (Wildman–Crippen MR) is 147 cm³/mol. The van der Waals surface area contributed by atoms with Crippen LogP contribution in [0, 0.1) is 12.7 Å². The van der Waals surface area contributed by atoms with E-state index in [1.54, 1.807) is 41.9 Å². The Balaban J connectivity index is 1.42. The molecular weight excluding hydrogens is 581 g/mol. The number of rotatable bonds is 7. The molecule has 0 saturated heterocycles. The minimum absolute atomic E-state index is 0.105. The number of hydrogen-bond donors (Lipinski definition) is 2. The van der Waals surface area contributed by atoms with E-state index in [0.29, 0.717) is 40.0 Å². The zero-order valence-corrected chi connectivity index (χ0v) is 22.6. The number of aryl methyl sites for hydroxylation is 1. The summed E-state index contributed by atoms with van der Waals surface area (Å²) in [6.07, 6.45) is 1.66. The molecule has 5 aromatic rings. The monoisotopic (exact) mass is 599 g/mol. The quantitative estimate of drug-likeness (QED) is 0.218. The van der Waals surface area contributed by atoms with Crippen LogP contribution < -0.4 is 10.0 Å². The first-order valence-electron chi connectivity index (χ1n) is 11.1. The number of hydrogen-bond acceptors (Lipinski definition) is 5. The van der Waals surface area contributed by atoms with Crippen LogP contribution in [0.4, 0.5) is 15.9 Å². The van der Waals surface area contributed by atoms with E-state index in [4.69, 9.17) is 16.6 Å². The van der Waals surface area contributed by atoms with Gasteiger partial charge in [-0.1, -0.05) is 48.0 Å². The summed E-state index contributed by atoms with van der Waals surface area (Å²) in [6, 6.07) is 19.9. The number of anilines is 2. The summed E-state index contributed by atoms with van der Waals surface area (Å²) in [6.45, 7) is 1.99. The van der Waals surface area contributed by atoms with E-state index >= 15 is 0 Å². The van der Waals surface area contributed by atoms with Crippen LogP contribution in [0.1, 0.15) is 11.1 Å². The summed E-state index contributed by atoms with van der Waals surface area (Å²) in [4.78, 5) is 4.60. The molecule has 0 aliphatic heterocycles. The molecule has 2 aromatic heterocycles. The number of aromatic nitrogens is 3. The van der Waals surface area contributed by atoms with E-state index in [1.807, 2.05) is 30.3 Å². The zero-order valence-electron chi connectivity index (χ0n) is 19.4. The average Bonchev–Trinajstić information content (AvgIpc) is 3.25. The van der Waals surface area contributed by atoms with Gasteiger partial charge >= 0.3 is 0 Å². The molecule has 0 aliphatic rings. The molecule has 0 atom stereocenters. The molecule has 0 aliphatic carbocycles. The Kier molecular flexibility index (Phi) is 6.89. The number of sulfonamides is 1. The Hall–Kier alpha value is -3.47. The maximum absolute atomic E-state index is 13.7. The van der Waals surface area contributed by atoms with Gasteiger partial charge in [0.05, 0.1) is 21.3 Å². The summed E-state index contributed by atoms with van der Waals surface area (Å²) < 4.78 is 44.4. The summed E-state index contributed by atoms with van der Waals surface area (Å²) in [5.41, 5.74) is 3.70. The molecule has 0 saturated carbocycles. The van der Waals surface area contributed by atoms with Crippen LogP contribution in [0.5, 0.6) is 0 Å². The van der Waals surface area contributed by atoms with Crippen molar-refractivity contribution in [2.45, 2.75) is 18.4 Å². The van der Waals surface area contributed by atoms with Gasteiger partial charge in [0, 0.05) is 28.9 Å². The van der Waals surface area contributed by atoms with Gasteiger partial charge in [0.15, 0.2) is 5.65 Å². The Morgan fingerprint density at radius 1 is 1.05 bits per heavy atom. The number of nitrogens with one attached hydrogen (secondary N) is 2. The summed E-state index contributed by atoms with van der Waals surface area (Å²) in [5.74, 6) is 0.0565. The highest BCUT2D eigenvalue weighted by Crippen LogP contribution is 2.30. The van der Waals surface area contributed by atoms with E-state index in [-0.39, 0.29) is 4.90 Å². The first kappa shape index (κ1) is 25.2. The Morgan fingerprint density at radius 3 is 2.68 bits per heavy atom. The first-order chi connectivity index (χ1) is 17.7. The maximum atomic E-state index is 13.7. The Bertz CT molecular complexity index is 1740. The van der Waals surface area contributed by atoms with Crippen LogP contribution in [0.25, 0.3) is 16.9 Å². The lowest BCUT2D eigenvalue weighted by Gasteiger charge is -2.13. The van der Waals surface area contributed by atoms with Gasteiger partial charge in [0.2, 0.25) is 0 Å². The summed E-state index contributed by atoms with van der Waals surface area (Å²) in [5, 5.41) is 8.33. The molecule has 0 bridgehead atoms. The number of benzene rings is 3. The molecular formula is C26H20BrClFN5O2S. The zero-order chi connectivity index (χ0) is 26.2. The lowest BCUT2D eigenvalue weighted by molar-refractivity contribution is 0.594. The van der Waals surface area contributed by atoms with Crippen molar-refractivity contribution < 1.29 is 12.8 Å². The number of nitrogens with zero attached hydrogens (tertiary/aromatic N) is 3. The fourth-order valence-electron chi connectivity index (χ4n) is 3.88. The van der Waals surface area contributed by atoms with Gasteiger partial charge in [-0.15, -0.1) is 0 Å². The van der Waals surface area contributed by atoms with Gasteiger partial charge < -0.3 is 5.32 Å². The van der Waals surface area contributed by atoms with Crippen LogP contribution in [0.15, 0.2) is 88.4 Å². The van der Waals surface area contributed by atoms with Gasteiger partial charge in [0.1, 0.15) is 11.6 Å². The van der Waals surface area contributed by atoms with Crippen LogP contribution in [0.2, 0.25) is 5.02 Å². The fourth-order valence-corrected chi connectivity index (χ4v) is 5.77. The van der Waals surface area contributed by atoms with Crippen molar-refractivity contribution in [2.75, 3.05) is 10.0 Å². The van der Waals surface area contributed by atoms with Crippen molar-refractivity contribution in [3.8, 4) is 11.3 Å². The summed E-state index contributed by atoms with van der Waals surface area (Å²) >= 11 is 9.90. The van der Waals surface area contributed by atoms with E-state index in [9.17, 15) is 12.8 Å². The van der Waals surface area contributed by atoms with E-state index < -0.39 is 15.8 Å². The normalized spacial score (nSPS) is 11.6. The second-order valence-electron chi connectivity index (χ2n) is 8.30. The molecule has 37 heavy (non-hydrogen) atoms. The molecule has 0 amide bonds. The third-order valence-electron chi connectivity index (χ3n) is 5.67. The van der Waals surface area contributed by atoms with Crippen LogP contribution in [-0.2, 0) is 16.6 Å². The molecule has 0 radical (unpaired) electrons. The molecule has 0 fully saturated rings. The highest BCUT2D eigenvalue weighted by Gasteiger charge is 2.18. The number of fused-ring (bicyclic) bond motifs is 1. The standard InChI is InChI=1S/C26H20BrClFN5O2S/c1-16-9-10-18(29)12-24(16)37(35,36)33-19-6-4-5-17(11-19)14-30-25-13-23(20-7-2-3-8-22(20)28)32-26-21(27)15-31-34(25)26/h2-13,15,30,33H,14H2,1H3. The molecule has 2 N–H and O–H groups in total. The molecule has 11 heteroatoms. The van der Waals surface area contributed by atoms with Gasteiger partial charge in [-0.05, 0) is 64.3 Å². The van der Waals surface area contributed by atoms with Gasteiger partial charge in [0.25, 0.3) is 10.0 Å². The third kappa shape index (κ3) is 5.31. The van der Waals surface area contributed by atoms with E-state index in [2.05, 4.69) is 31.1 Å². The van der Waals surface area contributed by atoms with Crippen molar-refractivity contribution in [3.63, 3.8) is 0 Å². The Morgan fingerprint density at radius 2 is 1.86 bits per heavy atom. The van der Waals surface area contributed by atoms with Crippen LogP contribution in [-0.4, -0.2) is 23.0 Å². The molecule has 0 unspecified atom stereocenters. The van der Waals surface area contributed by atoms with Crippen molar-refractivity contribution >= 4 is 54.7 Å². The summed E-state index contributed by atoms with van der Waals surface area (Å²) in [7, 11) is -3.97. The van der Waals surface area contributed by atoms with Crippen molar-refractivity contribution in [3.05, 3.63) is 105 Å². The highest BCUT2D eigenvalue weighted by molar-refractivity contribution is 9.10. The van der Waals surface area contributed by atoms with E-state index in [1.165, 1.54) is 12.1 Å². The minimum Gasteiger partial charge on any atom is -0.366 e. The molecule has 2 heterocycles. The first-order valence-corrected chi connectivity index (χ1v) is 13.8. The lowest BCUT2D eigenvalue weighted by atomic mass is 10.1. The highest BCUT2D eigenvalue weighted by atomic mass is 79.9. The van der Waals surface area contributed by atoms with Crippen molar-refractivity contribution in [1.29, 1.82) is 0 Å². The van der Waals surface area contributed by atoms with Crippen molar-refractivity contribution in [2.24, 2.45) is 0 Å². The maximum Gasteiger partial charge on any atom is 0.262 e. The lowest BCUT2D eigenvalue weighted by Crippen LogP contribution is -2.15. The van der Waals surface area contributed by atoms with Crippen LogP contribution >= 0.6 is 27.5 Å². The SMILES string of the molecule is Cc1ccc(F)cc1S(=O)(=O)Nc1cccc(CNc2cc(-c3ccccc3Cl)nc3c(Br)cnn23)c1. The minimum atomic E-state index is -3.97. The largest absolute Gasteiger partial charge is 0.366 e. The molecule has 3 aromatic carbocycles. The molecule has 0 spiro atoms. The van der Waals surface area contributed by atoms with Gasteiger partial charge in [-0.25, -0.2) is 17.8 Å². The second kappa shape index (κ2) is 10.1. The van der Waals surface area contributed by atoms with E-state index in [0.717, 1.165) is 21.7 Å². The van der Waals surface area contributed by atoms with Gasteiger partial charge in [-0.2, -0.15) is 9.61 Å². The topological polar surface area (TPSA) is 88.4 Å². The average molecular weight is 601 g/mol.